The largest absolute Gasteiger partial charge is 0.396 e. The third-order valence-corrected chi connectivity index (χ3v) is 5.27. The molecule has 2 bridgehead atoms. The first kappa shape index (κ1) is 9.17. The second kappa shape index (κ2) is 3.21. The van der Waals surface area contributed by atoms with Gasteiger partial charge in [-0.3, -0.25) is 0 Å². The van der Waals surface area contributed by atoms with Crippen molar-refractivity contribution in [2.24, 2.45) is 41.2 Å². The Kier molecular flexibility index (Phi) is 2.10. The molecule has 0 aromatic rings. The molecule has 0 radical (unpaired) electrons. The van der Waals surface area contributed by atoms with Crippen LogP contribution in [0.2, 0.25) is 0 Å². The molecule has 14 heavy (non-hydrogen) atoms. The standard InChI is InChI=1S/C12H21NO/c13-5-7-1-10-8-3-9(6-14)11(4-8)12(10)2-7/h7-12,14H,1-6,13H2. The fraction of sp³-hybridized carbons (Fsp3) is 1.00. The highest BCUT2D eigenvalue weighted by Gasteiger charge is 2.55. The highest BCUT2D eigenvalue weighted by Crippen LogP contribution is 2.61. The minimum absolute atomic E-state index is 0.428. The lowest BCUT2D eigenvalue weighted by Gasteiger charge is -2.30. The van der Waals surface area contributed by atoms with Crippen molar-refractivity contribution in [3.63, 3.8) is 0 Å². The predicted octanol–water partition coefficient (Wildman–Crippen LogP) is 1.24. The fourth-order valence-corrected chi connectivity index (χ4v) is 4.73. The van der Waals surface area contributed by atoms with E-state index >= 15 is 0 Å². The molecule has 2 nitrogen and oxygen atoms in total. The highest BCUT2D eigenvalue weighted by molar-refractivity contribution is 5.04. The van der Waals surface area contributed by atoms with Gasteiger partial charge < -0.3 is 10.8 Å². The Morgan fingerprint density at radius 1 is 1.00 bits per heavy atom. The van der Waals surface area contributed by atoms with Crippen LogP contribution in [0.25, 0.3) is 0 Å². The number of nitrogens with two attached hydrogens (primary N) is 1. The molecule has 0 aliphatic heterocycles. The second-order valence-electron chi connectivity index (χ2n) is 5.74. The zero-order valence-electron chi connectivity index (χ0n) is 8.73. The third-order valence-electron chi connectivity index (χ3n) is 5.27. The summed E-state index contributed by atoms with van der Waals surface area (Å²) < 4.78 is 0. The second-order valence-corrected chi connectivity index (χ2v) is 5.74. The van der Waals surface area contributed by atoms with Gasteiger partial charge in [-0.05, 0) is 67.7 Å². The maximum absolute atomic E-state index is 9.31. The van der Waals surface area contributed by atoms with Crippen LogP contribution in [0.4, 0.5) is 0 Å². The summed E-state index contributed by atoms with van der Waals surface area (Å²) >= 11 is 0. The average Bonchev–Trinajstić information content (AvgIpc) is 2.87. The van der Waals surface area contributed by atoms with E-state index in [2.05, 4.69) is 0 Å². The van der Waals surface area contributed by atoms with E-state index in [4.69, 9.17) is 5.73 Å². The minimum atomic E-state index is 0.428. The van der Waals surface area contributed by atoms with Crippen LogP contribution in [0.1, 0.15) is 25.7 Å². The van der Waals surface area contributed by atoms with Crippen LogP contribution in [0.3, 0.4) is 0 Å². The fourth-order valence-electron chi connectivity index (χ4n) is 4.73. The van der Waals surface area contributed by atoms with Crippen LogP contribution in [0, 0.1) is 35.5 Å². The monoisotopic (exact) mass is 195 g/mol. The molecule has 0 aromatic carbocycles. The summed E-state index contributed by atoms with van der Waals surface area (Å²) in [7, 11) is 0. The molecule has 0 saturated heterocycles. The summed E-state index contributed by atoms with van der Waals surface area (Å²) in [5.74, 6) is 5.14. The van der Waals surface area contributed by atoms with Crippen molar-refractivity contribution < 1.29 is 5.11 Å². The van der Waals surface area contributed by atoms with Gasteiger partial charge in [-0.25, -0.2) is 0 Å². The number of rotatable bonds is 2. The molecular weight excluding hydrogens is 174 g/mol. The van der Waals surface area contributed by atoms with E-state index in [0.717, 1.165) is 36.1 Å². The van der Waals surface area contributed by atoms with E-state index in [1.807, 2.05) is 0 Å². The molecule has 0 aromatic heterocycles. The Hall–Kier alpha value is -0.0800. The molecule has 3 N–H and O–H groups in total. The number of hydrogen-bond donors (Lipinski definition) is 2. The van der Waals surface area contributed by atoms with Gasteiger partial charge in [-0.2, -0.15) is 0 Å². The van der Waals surface area contributed by atoms with Gasteiger partial charge in [-0.1, -0.05) is 0 Å². The first-order valence-corrected chi connectivity index (χ1v) is 6.14. The molecule has 0 heterocycles. The summed E-state index contributed by atoms with van der Waals surface area (Å²) in [6.45, 7) is 1.31. The van der Waals surface area contributed by atoms with Crippen LogP contribution in [0.15, 0.2) is 0 Å². The maximum atomic E-state index is 9.31. The van der Waals surface area contributed by atoms with E-state index in [-0.39, 0.29) is 0 Å². The lowest BCUT2D eigenvalue weighted by Crippen LogP contribution is -2.26. The molecule has 3 rings (SSSR count). The topological polar surface area (TPSA) is 46.2 Å². The lowest BCUT2D eigenvalue weighted by atomic mass is 9.76. The Bertz CT molecular complexity index is 228. The Morgan fingerprint density at radius 2 is 1.79 bits per heavy atom. The van der Waals surface area contributed by atoms with Gasteiger partial charge in [0.05, 0.1) is 0 Å². The van der Waals surface area contributed by atoms with E-state index < -0.39 is 0 Å². The SMILES string of the molecule is NCC1CC2C3CC(CO)C(C3)C2C1. The van der Waals surface area contributed by atoms with E-state index in [1.54, 1.807) is 0 Å². The number of aliphatic hydroxyl groups excluding tert-OH is 1. The molecule has 0 spiro atoms. The minimum Gasteiger partial charge on any atom is -0.396 e. The van der Waals surface area contributed by atoms with Gasteiger partial charge in [0.25, 0.3) is 0 Å². The molecule has 3 fully saturated rings. The molecule has 2 heteroatoms. The van der Waals surface area contributed by atoms with Crippen LogP contribution >= 0.6 is 0 Å². The smallest absolute Gasteiger partial charge is 0.0462 e. The van der Waals surface area contributed by atoms with Crippen molar-refractivity contribution in [1.29, 1.82) is 0 Å². The van der Waals surface area contributed by atoms with Crippen LogP contribution < -0.4 is 5.73 Å². The third kappa shape index (κ3) is 1.10. The zero-order chi connectivity index (χ0) is 9.71. The molecule has 6 atom stereocenters. The first-order valence-electron chi connectivity index (χ1n) is 6.14. The van der Waals surface area contributed by atoms with Gasteiger partial charge >= 0.3 is 0 Å². The molecule has 3 aliphatic carbocycles. The summed E-state index contributed by atoms with van der Waals surface area (Å²) in [6, 6.07) is 0. The van der Waals surface area contributed by atoms with Crippen LogP contribution in [-0.4, -0.2) is 18.3 Å². The Morgan fingerprint density at radius 3 is 2.50 bits per heavy atom. The van der Waals surface area contributed by atoms with E-state index in [9.17, 15) is 5.11 Å². The summed E-state index contributed by atoms with van der Waals surface area (Å²) in [5, 5.41) is 9.31. The van der Waals surface area contributed by atoms with Gasteiger partial charge in [0, 0.05) is 6.61 Å². The highest BCUT2D eigenvalue weighted by atomic mass is 16.3. The molecule has 6 unspecified atom stereocenters. The number of aliphatic hydroxyl groups is 1. The van der Waals surface area contributed by atoms with Crippen LogP contribution in [0.5, 0.6) is 0 Å². The van der Waals surface area contributed by atoms with Crippen molar-refractivity contribution in [2.45, 2.75) is 25.7 Å². The van der Waals surface area contributed by atoms with Gasteiger partial charge in [-0.15, -0.1) is 0 Å². The quantitative estimate of drug-likeness (QED) is 0.696. The van der Waals surface area contributed by atoms with Crippen molar-refractivity contribution in [2.75, 3.05) is 13.2 Å². The Labute approximate surface area is 85.9 Å². The zero-order valence-corrected chi connectivity index (χ0v) is 8.73. The molecule has 3 aliphatic rings. The normalized spacial score (nSPS) is 55.3. The van der Waals surface area contributed by atoms with Crippen molar-refractivity contribution in [1.82, 2.24) is 0 Å². The van der Waals surface area contributed by atoms with E-state index in [0.29, 0.717) is 12.5 Å². The number of fused-ring (bicyclic) bond motifs is 5. The Balaban J connectivity index is 1.75. The molecule has 80 valence electrons. The average molecular weight is 195 g/mol. The first-order chi connectivity index (χ1) is 6.83. The van der Waals surface area contributed by atoms with Gasteiger partial charge in [0.1, 0.15) is 0 Å². The van der Waals surface area contributed by atoms with Gasteiger partial charge in [0.15, 0.2) is 0 Å². The van der Waals surface area contributed by atoms with E-state index in [1.165, 1.54) is 25.7 Å². The summed E-state index contributed by atoms with van der Waals surface area (Å²) in [4.78, 5) is 0. The van der Waals surface area contributed by atoms with Crippen LogP contribution in [-0.2, 0) is 0 Å². The summed E-state index contributed by atoms with van der Waals surface area (Å²) in [5.41, 5.74) is 5.77. The van der Waals surface area contributed by atoms with Crippen molar-refractivity contribution in [3.05, 3.63) is 0 Å². The lowest BCUT2D eigenvalue weighted by molar-refractivity contribution is 0.121. The van der Waals surface area contributed by atoms with Gasteiger partial charge in [0.2, 0.25) is 0 Å². The molecular formula is C12H21NO. The number of hydrogen-bond acceptors (Lipinski definition) is 2. The predicted molar refractivity (Wildman–Crippen MR) is 55.5 cm³/mol. The molecule has 0 amide bonds. The maximum Gasteiger partial charge on any atom is 0.0462 e. The van der Waals surface area contributed by atoms with Crippen molar-refractivity contribution >= 4 is 0 Å². The summed E-state index contributed by atoms with van der Waals surface area (Å²) in [6.07, 6.45) is 5.47. The van der Waals surface area contributed by atoms with Crippen molar-refractivity contribution in [3.8, 4) is 0 Å². The molecule has 3 saturated carbocycles.